The van der Waals surface area contributed by atoms with E-state index < -0.39 is 10.0 Å². The Hall–Kier alpha value is -0.430. The highest BCUT2D eigenvalue weighted by molar-refractivity contribution is 7.89. The number of hydrogen-bond acceptors (Lipinski definition) is 4. The SMILES string of the molecule is CC(C)S(=O)(=O)N1CCN(Cc2cccs2)CC1. The van der Waals surface area contributed by atoms with Crippen LogP contribution in [-0.4, -0.2) is 49.1 Å². The van der Waals surface area contributed by atoms with Crippen LogP contribution >= 0.6 is 11.3 Å². The molecule has 1 aromatic heterocycles. The van der Waals surface area contributed by atoms with E-state index in [4.69, 9.17) is 0 Å². The lowest BCUT2D eigenvalue weighted by atomic mass is 10.3. The Morgan fingerprint density at radius 1 is 1.28 bits per heavy atom. The van der Waals surface area contributed by atoms with E-state index in [1.54, 1.807) is 29.5 Å². The van der Waals surface area contributed by atoms with Crippen molar-refractivity contribution in [3.8, 4) is 0 Å². The first-order chi connectivity index (χ1) is 8.50. The van der Waals surface area contributed by atoms with Crippen LogP contribution in [0, 0.1) is 0 Å². The Kier molecular flexibility index (Phi) is 4.42. The van der Waals surface area contributed by atoms with Gasteiger partial charge in [-0.2, -0.15) is 4.31 Å². The average Bonchev–Trinajstić information content (AvgIpc) is 2.82. The number of piperazine rings is 1. The monoisotopic (exact) mass is 288 g/mol. The van der Waals surface area contributed by atoms with Crippen LogP contribution in [0.5, 0.6) is 0 Å². The average molecular weight is 288 g/mol. The number of sulfonamides is 1. The summed E-state index contributed by atoms with van der Waals surface area (Å²) in [6.07, 6.45) is 0. The smallest absolute Gasteiger partial charge is 0.216 e. The number of nitrogens with zero attached hydrogens (tertiary/aromatic N) is 2. The molecule has 0 saturated carbocycles. The highest BCUT2D eigenvalue weighted by Gasteiger charge is 2.29. The van der Waals surface area contributed by atoms with Crippen molar-refractivity contribution in [3.05, 3.63) is 22.4 Å². The van der Waals surface area contributed by atoms with Gasteiger partial charge in [0.15, 0.2) is 0 Å². The van der Waals surface area contributed by atoms with Gasteiger partial charge in [0.05, 0.1) is 5.25 Å². The lowest BCUT2D eigenvalue weighted by Crippen LogP contribution is -2.49. The molecule has 1 aliphatic heterocycles. The molecular weight excluding hydrogens is 268 g/mol. The Balaban J connectivity index is 1.89. The van der Waals surface area contributed by atoms with E-state index in [1.807, 2.05) is 0 Å². The molecule has 1 aromatic rings. The second-order valence-electron chi connectivity index (χ2n) is 4.85. The van der Waals surface area contributed by atoms with Gasteiger partial charge in [0.1, 0.15) is 0 Å². The fourth-order valence-corrected chi connectivity index (χ4v) is 4.08. The molecule has 2 rings (SSSR count). The minimum Gasteiger partial charge on any atom is -0.296 e. The molecule has 2 heterocycles. The molecular formula is C12H20N2O2S2. The minimum atomic E-state index is -3.08. The highest BCUT2D eigenvalue weighted by Crippen LogP contribution is 2.16. The van der Waals surface area contributed by atoms with E-state index in [9.17, 15) is 8.42 Å². The maximum atomic E-state index is 12.0. The van der Waals surface area contributed by atoms with Gasteiger partial charge in [-0.3, -0.25) is 4.90 Å². The van der Waals surface area contributed by atoms with E-state index in [0.717, 1.165) is 19.6 Å². The predicted molar refractivity (Wildman–Crippen MR) is 75.2 cm³/mol. The molecule has 102 valence electrons. The first-order valence-electron chi connectivity index (χ1n) is 6.24. The summed E-state index contributed by atoms with van der Waals surface area (Å²) in [7, 11) is -3.08. The van der Waals surface area contributed by atoms with Crippen LogP contribution in [0.1, 0.15) is 18.7 Å². The Bertz CT molecular complexity index is 460. The van der Waals surface area contributed by atoms with E-state index >= 15 is 0 Å². The fourth-order valence-electron chi connectivity index (χ4n) is 2.06. The van der Waals surface area contributed by atoms with Gasteiger partial charge in [-0.25, -0.2) is 8.42 Å². The summed E-state index contributed by atoms with van der Waals surface area (Å²) in [5, 5.41) is 1.76. The van der Waals surface area contributed by atoms with E-state index in [0.29, 0.717) is 13.1 Å². The first-order valence-corrected chi connectivity index (χ1v) is 8.62. The maximum Gasteiger partial charge on any atom is 0.216 e. The summed E-state index contributed by atoms with van der Waals surface area (Å²) in [6.45, 7) is 7.30. The molecule has 0 amide bonds. The van der Waals surface area contributed by atoms with Crippen molar-refractivity contribution in [2.24, 2.45) is 0 Å². The lowest BCUT2D eigenvalue weighted by Gasteiger charge is -2.34. The molecule has 1 saturated heterocycles. The summed E-state index contributed by atoms with van der Waals surface area (Å²) in [6, 6.07) is 4.18. The maximum absolute atomic E-state index is 12.0. The quantitative estimate of drug-likeness (QED) is 0.845. The highest BCUT2D eigenvalue weighted by atomic mass is 32.2. The molecule has 18 heavy (non-hydrogen) atoms. The summed E-state index contributed by atoms with van der Waals surface area (Å²) < 4.78 is 25.7. The summed E-state index contributed by atoms with van der Waals surface area (Å²) >= 11 is 1.75. The fraction of sp³-hybridized carbons (Fsp3) is 0.667. The normalized spacial score (nSPS) is 19.5. The van der Waals surface area contributed by atoms with Gasteiger partial charge in [-0.15, -0.1) is 11.3 Å². The second-order valence-corrected chi connectivity index (χ2v) is 8.37. The van der Waals surface area contributed by atoms with Gasteiger partial charge in [0, 0.05) is 37.6 Å². The third kappa shape index (κ3) is 3.12. The third-order valence-electron chi connectivity index (χ3n) is 3.25. The van der Waals surface area contributed by atoms with Crippen molar-refractivity contribution in [2.75, 3.05) is 26.2 Å². The summed E-state index contributed by atoms with van der Waals surface area (Å²) in [4.78, 5) is 3.66. The van der Waals surface area contributed by atoms with Gasteiger partial charge in [0.25, 0.3) is 0 Å². The zero-order valence-corrected chi connectivity index (χ0v) is 12.5. The van der Waals surface area contributed by atoms with E-state index in [1.165, 1.54) is 4.88 Å². The molecule has 0 N–H and O–H groups in total. The van der Waals surface area contributed by atoms with Crippen LogP contribution in [0.25, 0.3) is 0 Å². The topological polar surface area (TPSA) is 40.6 Å². The third-order valence-corrected chi connectivity index (χ3v) is 6.38. The lowest BCUT2D eigenvalue weighted by molar-refractivity contribution is 0.182. The zero-order chi connectivity index (χ0) is 13.2. The molecule has 4 nitrogen and oxygen atoms in total. The molecule has 1 aliphatic rings. The van der Waals surface area contributed by atoms with Crippen LogP contribution < -0.4 is 0 Å². The van der Waals surface area contributed by atoms with Crippen molar-refractivity contribution in [1.82, 2.24) is 9.21 Å². The molecule has 0 aromatic carbocycles. The van der Waals surface area contributed by atoms with Crippen LogP contribution in [0.3, 0.4) is 0 Å². The molecule has 6 heteroatoms. The summed E-state index contributed by atoms with van der Waals surface area (Å²) in [5.74, 6) is 0. The van der Waals surface area contributed by atoms with Crippen molar-refractivity contribution >= 4 is 21.4 Å². The van der Waals surface area contributed by atoms with Crippen LogP contribution in [0.15, 0.2) is 17.5 Å². The van der Waals surface area contributed by atoms with Crippen molar-refractivity contribution in [1.29, 1.82) is 0 Å². The second kappa shape index (κ2) is 5.69. The van der Waals surface area contributed by atoms with E-state index in [-0.39, 0.29) is 5.25 Å². The van der Waals surface area contributed by atoms with Gasteiger partial charge < -0.3 is 0 Å². The molecule has 0 spiro atoms. The van der Waals surface area contributed by atoms with Crippen molar-refractivity contribution < 1.29 is 8.42 Å². The number of thiophene rings is 1. The molecule has 0 unspecified atom stereocenters. The Morgan fingerprint density at radius 2 is 1.94 bits per heavy atom. The minimum absolute atomic E-state index is 0.318. The predicted octanol–water partition coefficient (Wildman–Crippen LogP) is 1.60. The molecule has 0 atom stereocenters. The summed E-state index contributed by atoms with van der Waals surface area (Å²) in [5.41, 5.74) is 0. The van der Waals surface area contributed by atoms with E-state index in [2.05, 4.69) is 22.4 Å². The molecule has 0 aliphatic carbocycles. The van der Waals surface area contributed by atoms with Crippen LogP contribution in [0.4, 0.5) is 0 Å². The number of hydrogen-bond donors (Lipinski definition) is 0. The largest absolute Gasteiger partial charge is 0.296 e. The molecule has 1 fully saturated rings. The van der Waals surface area contributed by atoms with Gasteiger partial charge in [-0.05, 0) is 25.3 Å². The Morgan fingerprint density at radius 3 is 2.44 bits per heavy atom. The van der Waals surface area contributed by atoms with Crippen LogP contribution in [-0.2, 0) is 16.6 Å². The van der Waals surface area contributed by atoms with Gasteiger partial charge >= 0.3 is 0 Å². The van der Waals surface area contributed by atoms with Gasteiger partial charge in [-0.1, -0.05) is 6.07 Å². The van der Waals surface area contributed by atoms with Crippen LogP contribution in [0.2, 0.25) is 0 Å². The van der Waals surface area contributed by atoms with Crippen molar-refractivity contribution in [3.63, 3.8) is 0 Å². The molecule has 0 radical (unpaired) electrons. The number of rotatable bonds is 4. The standard InChI is InChI=1S/C12H20N2O2S2/c1-11(2)18(15,16)14-7-5-13(6-8-14)10-12-4-3-9-17-12/h3-4,9,11H,5-8,10H2,1-2H3. The molecule has 0 bridgehead atoms. The van der Waals surface area contributed by atoms with Crippen molar-refractivity contribution in [2.45, 2.75) is 25.6 Å². The zero-order valence-electron chi connectivity index (χ0n) is 10.9. The first kappa shape index (κ1) is 14.0. The Labute approximate surface area is 113 Å². The van der Waals surface area contributed by atoms with Gasteiger partial charge in [0.2, 0.25) is 10.0 Å².